The molecule has 0 aliphatic heterocycles. The summed E-state index contributed by atoms with van der Waals surface area (Å²) in [4.78, 5) is 17.8. The minimum Gasteiger partial charge on any atom is -0.366 e. The number of carbonyl (C=O) groups excluding carboxylic acids is 1. The first kappa shape index (κ1) is 24.7. The van der Waals surface area contributed by atoms with Gasteiger partial charge in [0.2, 0.25) is 5.91 Å². The molecule has 0 spiro atoms. The van der Waals surface area contributed by atoms with Gasteiger partial charge in [0.1, 0.15) is 0 Å². The minimum absolute atomic E-state index is 0. The van der Waals surface area contributed by atoms with Crippen molar-refractivity contribution in [3.05, 3.63) is 35.4 Å². The summed E-state index contributed by atoms with van der Waals surface area (Å²) in [6.07, 6.45) is 2.27. The van der Waals surface area contributed by atoms with Crippen molar-refractivity contribution < 1.29 is 4.79 Å². The number of guanidine groups is 1. The first-order valence-corrected chi connectivity index (χ1v) is 9.08. The fourth-order valence-corrected chi connectivity index (χ4v) is 2.63. The van der Waals surface area contributed by atoms with Gasteiger partial charge in [0.15, 0.2) is 5.96 Å². The molecule has 6 nitrogen and oxygen atoms in total. The lowest BCUT2D eigenvalue weighted by atomic mass is 10.1. The molecular formula is C19H34IN5O. The van der Waals surface area contributed by atoms with Crippen molar-refractivity contribution in [2.45, 2.75) is 46.2 Å². The van der Waals surface area contributed by atoms with Crippen molar-refractivity contribution in [1.82, 2.24) is 15.5 Å². The largest absolute Gasteiger partial charge is 0.366 e. The lowest BCUT2D eigenvalue weighted by molar-refractivity contribution is 0.100. The number of hydrogen-bond donors (Lipinski definition) is 3. The van der Waals surface area contributed by atoms with Crippen molar-refractivity contribution in [2.75, 3.05) is 26.7 Å². The van der Waals surface area contributed by atoms with Crippen LogP contribution in [0.4, 0.5) is 0 Å². The van der Waals surface area contributed by atoms with E-state index in [9.17, 15) is 4.79 Å². The Balaban J connectivity index is 0.00000625. The average molecular weight is 475 g/mol. The van der Waals surface area contributed by atoms with Crippen molar-refractivity contribution in [1.29, 1.82) is 0 Å². The van der Waals surface area contributed by atoms with Gasteiger partial charge in [0, 0.05) is 25.2 Å². The number of halogens is 1. The van der Waals surface area contributed by atoms with Crippen molar-refractivity contribution in [3.8, 4) is 0 Å². The molecule has 0 aromatic heterocycles. The van der Waals surface area contributed by atoms with Crippen LogP contribution in [-0.2, 0) is 6.54 Å². The number of nitrogens with two attached hydrogens (primary N) is 1. The molecule has 0 saturated heterocycles. The van der Waals surface area contributed by atoms with Crippen LogP contribution in [0.2, 0.25) is 0 Å². The Morgan fingerprint density at radius 2 is 1.85 bits per heavy atom. The Morgan fingerprint density at radius 1 is 1.23 bits per heavy atom. The third-order valence-corrected chi connectivity index (χ3v) is 4.31. The van der Waals surface area contributed by atoms with E-state index in [4.69, 9.17) is 5.73 Å². The SMILES string of the molecule is CCN(CC)CCCC(C)NC(=NC)NCc1ccc(C(N)=O)cc1.I. The highest BCUT2D eigenvalue weighted by molar-refractivity contribution is 14.0. The molecule has 0 aliphatic rings. The van der Waals surface area contributed by atoms with Crippen LogP contribution in [-0.4, -0.2) is 49.5 Å². The van der Waals surface area contributed by atoms with E-state index in [2.05, 4.69) is 41.3 Å². The maximum atomic E-state index is 11.1. The smallest absolute Gasteiger partial charge is 0.248 e. The fraction of sp³-hybridized carbons (Fsp3) is 0.579. The van der Waals surface area contributed by atoms with E-state index in [1.54, 1.807) is 19.2 Å². The second kappa shape index (κ2) is 13.8. The lowest BCUT2D eigenvalue weighted by Crippen LogP contribution is -2.42. The standard InChI is InChI=1S/C19H33N5O.HI/c1-5-24(6-2)13-7-8-15(3)23-19(21-4)22-14-16-9-11-17(12-10-16)18(20)25;/h9-12,15H,5-8,13-14H2,1-4H3,(H2,20,25)(H2,21,22,23);1H. The van der Waals surface area contributed by atoms with Crippen molar-refractivity contribution in [3.63, 3.8) is 0 Å². The quantitative estimate of drug-likeness (QED) is 0.276. The molecule has 1 aromatic carbocycles. The topological polar surface area (TPSA) is 82.8 Å². The summed E-state index contributed by atoms with van der Waals surface area (Å²) in [7, 11) is 1.77. The summed E-state index contributed by atoms with van der Waals surface area (Å²) in [5.41, 5.74) is 6.84. The van der Waals surface area contributed by atoms with Crippen LogP contribution in [0, 0.1) is 0 Å². The van der Waals surface area contributed by atoms with Gasteiger partial charge in [-0.25, -0.2) is 0 Å². The first-order chi connectivity index (χ1) is 12.0. The van der Waals surface area contributed by atoms with Crippen LogP contribution in [0.5, 0.6) is 0 Å². The number of hydrogen-bond acceptors (Lipinski definition) is 3. The number of amides is 1. The molecule has 4 N–H and O–H groups in total. The van der Waals surface area contributed by atoms with Crippen LogP contribution >= 0.6 is 24.0 Å². The number of nitrogens with one attached hydrogen (secondary N) is 2. The van der Waals surface area contributed by atoms with Crippen LogP contribution in [0.25, 0.3) is 0 Å². The zero-order valence-electron chi connectivity index (χ0n) is 16.4. The van der Waals surface area contributed by atoms with E-state index < -0.39 is 5.91 Å². The Kier molecular flexibility index (Phi) is 13.1. The Labute approximate surface area is 175 Å². The van der Waals surface area contributed by atoms with Crippen LogP contribution in [0.1, 0.15) is 49.5 Å². The second-order valence-electron chi connectivity index (χ2n) is 6.20. The van der Waals surface area contributed by atoms with Gasteiger partial charge in [-0.15, -0.1) is 24.0 Å². The molecule has 0 saturated carbocycles. The third kappa shape index (κ3) is 9.38. The molecule has 1 unspecified atom stereocenters. The summed E-state index contributed by atoms with van der Waals surface area (Å²) in [6.45, 7) is 10.6. The van der Waals surface area contributed by atoms with E-state index in [0.29, 0.717) is 18.2 Å². The molecule has 7 heteroatoms. The van der Waals surface area contributed by atoms with Gasteiger partial charge in [-0.2, -0.15) is 0 Å². The summed E-state index contributed by atoms with van der Waals surface area (Å²) in [6, 6.07) is 7.64. The molecule has 0 radical (unpaired) electrons. The number of aliphatic imine (C=N–C) groups is 1. The zero-order chi connectivity index (χ0) is 18.7. The summed E-state index contributed by atoms with van der Waals surface area (Å²) < 4.78 is 0. The molecule has 1 rings (SSSR count). The molecule has 0 heterocycles. The van der Waals surface area contributed by atoms with Crippen LogP contribution < -0.4 is 16.4 Å². The van der Waals surface area contributed by atoms with Crippen LogP contribution in [0.3, 0.4) is 0 Å². The average Bonchev–Trinajstić information content (AvgIpc) is 2.62. The van der Waals surface area contributed by atoms with Crippen molar-refractivity contribution in [2.24, 2.45) is 10.7 Å². The third-order valence-electron chi connectivity index (χ3n) is 4.31. The predicted octanol–water partition coefficient (Wildman–Crippen LogP) is 2.58. The zero-order valence-corrected chi connectivity index (χ0v) is 18.7. The van der Waals surface area contributed by atoms with E-state index >= 15 is 0 Å². The summed E-state index contributed by atoms with van der Waals surface area (Å²) in [5, 5.41) is 6.72. The number of rotatable bonds is 10. The van der Waals surface area contributed by atoms with E-state index in [-0.39, 0.29) is 24.0 Å². The summed E-state index contributed by atoms with van der Waals surface area (Å²) in [5.74, 6) is 0.379. The maximum Gasteiger partial charge on any atom is 0.248 e. The highest BCUT2D eigenvalue weighted by Gasteiger charge is 2.07. The lowest BCUT2D eigenvalue weighted by Gasteiger charge is -2.21. The number of nitrogens with zero attached hydrogens (tertiary/aromatic N) is 2. The van der Waals surface area contributed by atoms with Gasteiger partial charge in [-0.3, -0.25) is 9.79 Å². The molecule has 1 aromatic rings. The Hall–Kier alpha value is -1.35. The predicted molar refractivity (Wildman–Crippen MR) is 120 cm³/mol. The number of primary amides is 1. The normalized spacial score (nSPS) is 12.4. The van der Waals surface area contributed by atoms with Gasteiger partial charge >= 0.3 is 0 Å². The summed E-state index contributed by atoms with van der Waals surface area (Å²) >= 11 is 0. The molecule has 0 fully saturated rings. The minimum atomic E-state index is -0.407. The van der Waals surface area contributed by atoms with Crippen molar-refractivity contribution >= 4 is 35.8 Å². The van der Waals surface area contributed by atoms with E-state index in [1.165, 1.54) is 6.42 Å². The number of carbonyl (C=O) groups is 1. The molecule has 0 bridgehead atoms. The Bertz CT molecular complexity index is 543. The monoisotopic (exact) mass is 475 g/mol. The molecule has 148 valence electrons. The molecule has 1 amide bonds. The molecule has 1 atom stereocenters. The number of benzene rings is 1. The van der Waals surface area contributed by atoms with Gasteiger partial charge in [-0.05, 0) is 57.1 Å². The molecule has 26 heavy (non-hydrogen) atoms. The highest BCUT2D eigenvalue weighted by atomic mass is 127. The van der Waals surface area contributed by atoms with Gasteiger partial charge in [0.05, 0.1) is 0 Å². The first-order valence-electron chi connectivity index (χ1n) is 9.08. The Morgan fingerprint density at radius 3 is 2.35 bits per heavy atom. The van der Waals surface area contributed by atoms with E-state index in [1.807, 2.05) is 12.1 Å². The van der Waals surface area contributed by atoms with Gasteiger partial charge in [0.25, 0.3) is 0 Å². The molecule has 0 aliphatic carbocycles. The van der Waals surface area contributed by atoms with Gasteiger partial charge < -0.3 is 21.3 Å². The van der Waals surface area contributed by atoms with E-state index in [0.717, 1.165) is 37.6 Å². The highest BCUT2D eigenvalue weighted by Crippen LogP contribution is 2.04. The molecular weight excluding hydrogens is 441 g/mol. The maximum absolute atomic E-state index is 11.1. The fourth-order valence-electron chi connectivity index (χ4n) is 2.63. The van der Waals surface area contributed by atoms with Crippen LogP contribution in [0.15, 0.2) is 29.3 Å². The second-order valence-corrected chi connectivity index (χ2v) is 6.20. The van der Waals surface area contributed by atoms with Gasteiger partial charge in [-0.1, -0.05) is 26.0 Å².